The third-order valence-corrected chi connectivity index (χ3v) is 4.02. The minimum absolute atomic E-state index is 0.00159. The predicted molar refractivity (Wildman–Crippen MR) is 99.6 cm³/mol. The molecule has 5 heteroatoms. The van der Waals surface area contributed by atoms with Crippen molar-refractivity contribution in [3.05, 3.63) is 48.5 Å². The molecule has 1 N–H and O–H groups in total. The summed E-state index contributed by atoms with van der Waals surface area (Å²) in [4.78, 5) is 14.5. The van der Waals surface area contributed by atoms with Gasteiger partial charge in [0.15, 0.2) is 6.61 Å². The lowest BCUT2D eigenvalue weighted by Crippen LogP contribution is -2.51. The molecule has 2 aromatic rings. The molecule has 0 saturated carbocycles. The Morgan fingerprint density at radius 1 is 1.08 bits per heavy atom. The summed E-state index contributed by atoms with van der Waals surface area (Å²) in [6, 6.07) is 15.1. The fraction of sp³-hybridized carbons (Fsp3) is 0.350. The van der Waals surface area contributed by atoms with Crippen LogP contribution in [0.5, 0.6) is 11.5 Å². The Balaban J connectivity index is 1.68. The van der Waals surface area contributed by atoms with Crippen LogP contribution in [-0.4, -0.2) is 31.2 Å². The summed E-state index contributed by atoms with van der Waals surface area (Å²) in [6.45, 7) is 7.31. The number of fused-ring (bicyclic) bond motifs is 1. The number of nitrogens with zero attached hydrogens (tertiary/aromatic N) is 1. The highest BCUT2D eigenvalue weighted by molar-refractivity contribution is 5.99. The first-order valence-corrected chi connectivity index (χ1v) is 8.52. The summed E-state index contributed by atoms with van der Waals surface area (Å²) in [6.07, 6.45) is 0. The van der Waals surface area contributed by atoms with E-state index in [-0.39, 0.29) is 18.1 Å². The van der Waals surface area contributed by atoms with Crippen LogP contribution in [0, 0.1) is 0 Å². The van der Waals surface area contributed by atoms with Crippen molar-refractivity contribution < 1.29 is 14.3 Å². The standard InChI is InChI=1S/C20H24N2O3/c1-4-24-15-9-11-16(12-10-15)25-13-19(23)22-14-20(2,3)21-17-7-5-6-8-18(17)22/h5-12,21H,4,13-14H2,1-3H3. The number of hydrogen-bond acceptors (Lipinski definition) is 4. The van der Waals surface area contributed by atoms with Gasteiger partial charge in [-0.05, 0) is 57.2 Å². The van der Waals surface area contributed by atoms with Gasteiger partial charge < -0.3 is 19.7 Å². The first-order chi connectivity index (χ1) is 12.0. The second kappa shape index (κ2) is 7.05. The highest BCUT2D eigenvalue weighted by Gasteiger charge is 2.32. The molecule has 0 bridgehead atoms. The molecule has 1 aliphatic heterocycles. The summed E-state index contributed by atoms with van der Waals surface area (Å²) in [5, 5.41) is 3.46. The summed E-state index contributed by atoms with van der Waals surface area (Å²) in [5.74, 6) is 1.38. The van der Waals surface area contributed by atoms with E-state index in [1.54, 1.807) is 4.90 Å². The van der Waals surface area contributed by atoms with Crippen molar-refractivity contribution in [2.75, 3.05) is 30.0 Å². The van der Waals surface area contributed by atoms with Crippen LogP contribution in [0.15, 0.2) is 48.5 Å². The first kappa shape index (κ1) is 17.1. The normalized spacial score (nSPS) is 15.1. The molecule has 1 amide bonds. The van der Waals surface area contributed by atoms with E-state index in [4.69, 9.17) is 9.47 Å². The van der Waals surface area contributed by atoms with Gasteiger partial charge in [0, 0.05) is 12.1 Å². The minimum Gasteiger partial charge on any atom is -0.494 e. The molecule has 132 valence electrons. The number of amides is 1. The van der Waals surface area contributed by atoms with Crippen LogP contribution in [0.2, 0.25) is 0 Å². The van der Waals surface area contributed by atoms with Crippen LogP contribution in [0.1, 0.15) is 20.8 Å². The molecule has 0 saturated heterocycles. The second-order valence-electron chi connectivity index (χ2n) is 6.70. The van der Waals surface area contributed by atoms with Gasteiger partial charge in [-0.3, -0.25) is 4.79 Å². The zero-order chi connectivity index (χ0) is 17.9. The van der Waals surface area contributed by atoms with Crippen molar-refractivity contribution in [3.8, 4) is 11.5 Å². The van der Waals surface area contributed by atoms with E-state index in [1.165, 1.54) is 0 Å². The molecular weight excluding hydrogens is 316 g/mol. The lowest BCUT2D eigenvalue weighted by molar-refractivity contribution is -0.120. The smallest absolute Gasteiger partial charge is 0.265 e. The fourth-order valence-electron chi connectivity index (χ4n) is 2.94. The largest absolute Gasteiger partial charge is 0.494 e. The summed E-state index contributed by atoms with van der Waals surface area (Å²) in [5.41, 5.74) is 1.67. The first-order valence-electron chi connectivity index (χ1n) is 8.52. The minimum atomic E-state index is -0.191. The van der Waals surface area contributed by atoms with E-state index in [1.807, 2.05) is 55.5 Å². The Labute approximate surface area is 148 Å². The number of carbonyl (C=O) groups is 1. The molecule has 1 heterocycles. The lowest BCUT2D eigenvalue weighted by atomic mass is 9.99. The highest BCUT2D eigenvalue weighted by atomic mass is 16.5. The molecule has 0 radical (unpaired) electrons. The molecule has 0 atom stereocenters. The molecular formula is C20H24N2O3. The SMILES string of the molecule is CCOc1ccc(OCC(=O)N2CC(C)(C)Nc3ccccc32)cc1. The Hall–Kier alpha value is -2.69. The molecule has 1 aliphatic rings. The number of carbonyl (C=O) groups excluding carboxylic acids is 1. The van der Waals surface area contributed by atoms with E-state index in [0.29, 0.717) is 18.9 Å². The average molecular weight is 340 g/mol. The van der Waals surface area contributed by atoms with Gasteiger partial charge in [-0.2, -0.15) is 0 Å². The van der Waals surface area contributed by atoms with Gasteiger partial charge in [0.1, 0.15) is 11.5 Å². The molecule has 3 rings (SSSR count). The number of ether oxygens (including phenoxy) is 2. The third kappa shape index (κ3) is 4.05. The average Bonchev–Trinajstić information content (AvgIpc) is 2.59. The number of benzene rings is 2. The maximum absolute atomic E-state index is 12.7. The van der Waals surface area contributed by atoms with Crippen LogP contribution >= 0.6 is 0 Å². The number of rotatable bonds is 5. The summed E-state index contributed by atoms with van der Waals surface area (Å²) < 4.78 is 11.1. The molecule has 0 unspecified atom stereocenters. The molecule has 0 spiro atoms. The van der Waals surface area contributed by atoms with Gasteiger partial charge in [-0.25, -0.2) is 0 Å². The monoisotopic (exact) mass is 340 g/mol. The molecule has 25 heavy (non-hydrogen) atoms. The topological polar surface area (TPSA) is 50.8 Å². The Morgan fingerprint density at radius 2 is 1.72 bits per heavy atom. The highest BCUT2D eigenvalue weighted by Crippen LogP contribution is 2.34. The summed E-state index contributed by atoms with van der Waals surface area (Å²) in [7, 11) is 0. The lowest BCUT2D eigenvalue weighted by Gasteiger charge is -2.40. The predicted octanol–water partition coefficient (Wildman–Crippen LogP) is 3.70. The fourth-order valence-corrected chi connectivity index (χ4v) is 2.94. The van der Waals surface area contributed by atoms with Crippen LogP contribution in [0.25, 0.3) is 0 Å². The van der Waals surface area contributed by atoms with Gasteiger partial charge in [-0.15, -0.1) is 0 Å². The van der Waals surface area contributed by atoms with E-state index < -0.39 is 0 Å². The Bertz CT molecular complexity index is 741. The van der Waals surface area contributed by atoms with Crippen LogP contribution < -0.4 is 19.7 Å². The van der Waals surface area contributed by atoms with Crippen molar-refractivity contribution in [2.45, 2.75) is 26.3 Å². The number of nitrogens with one attached hydrogen (secondary N) is 1. The van der Waals surface area contributed by atoms with Crippen LogP contribution in [-0.2, 0) is 4.79 Å². The van der Waals surface area contributed by atoms with Crippen molar-refractivity contribution in [2.24, 2.45) is 0 Å². The zero-order valence-electron chi connectivity index (χ0n) is 14.9. The van der Waals surface area contributed by atoms with Gasteiger partial charge in [0.05, 0.1) is 18.0 Å². The maximum Gasteiger partial charge on any atom is 0.265 e. The van der Waals surface area contributed by atoms with E-state index in [9.17, 15) is 4.79 Å². The van der Waals surface area contributed by atoms with Crippen LogP contribution in [0.3, 0.4) is 0 Å². The molecule has 0 fully saturated rings. The van der Waals surface area contributed by atoms with E-state index >= 15 is 0 Å². The number of para-hydroxylation sites is 2. The molecule has 2 aromatic carbocycles. The van der Waals surface area contributed by atoms with Crippen molar-refractivity contribution in [1.29, 1.82) is 0 Å². The third-order valence-electron chi connectivity index (χ3n) is 4.02. The van der Waals surface area contributed by atoms with Gasteiger partial charge in [-0.1, -0.05) is 12.1 Å². The zero-order valence-corrected chi connectivity index (χ0v) is 14.9. The van der Waals surface area contributed by atoms with E-state index in [2.05, 4.69) is 19.2 Å². The van der Waals surface area contributed by atoms with Gasteiger partial charge >= 0.3 is 0 Å². The quantitative estimate of drug-likeness (QED) is 0.902. The van der Waals surface area contributed by atoms with Gasteiger partial charge in [0.2, 0.25) is 0 Å². The Morgan fingerprint density at radius 3 is 2.40 bits per heavy atom. The number of hydrogen-bond donors (Lipinski definition) is 1. The maximum atomic E-state index is 12.7. The second-order valence-corrected chi connectivity index (χ2v) is 6.70. The van der Waals surface area contributed by atoms with Gasteiger partial charge in [0.25, 0.3) is 5.91 Å². The van der Waals surface area contributed by atoms with Crippen LogP contribution in [0.4, 0.5) is 11.4 Å². The summed E-state index contributed by atoms with van der Waals surface area (Å²) >= 11 is 0. The van der Waals surface area contributed by atoms with Crippen molar-refractivity contribution >= 4 is 17.3 Å². The van der Waals surface area contributed by atoms with Crippen molar-refractivity contribution in [1.82, 2.24) is 0 Å². The molecule has 5 nitrogen and oxygen atoms in total. The van der Waals surface area contributed by atoms with E-state index in [0.717, 1.165) is 17.1 Å². The Kier molecular flexibility index (Phi) is 4.83. The number of anilines is 2. The van der Waals surface area contributed by atoms with Crippen molar-refractivity contribution in [3.63, 3.8) is 0 Å². The molecule has 0 aliphatic carbocycles. The molecule has 0 aromatic heterocycles.